The van der Waals surface area contributed by atoms with E-state index in [1.165, 1.54) is 0 Å². The van der Waals surface area contributed by atoms with Crippen molar-refractivity contribution >= 4 is 5.97 Å². The molecule has 2 rings (SSSR count). The summed E-state index contributed by atoms with van der Waals surface area (Å²) in [7, 11) is 0. The number of hydrogen-bond acceptors (Lipinski definition) is 2. The van der Waals surface area contributed by atoms with Crippen molar-refractivity contribution in [1.29, 1.82) is 0 Å². The minimum Gasteiger partial charge on any atom is -0.465 e. The van der Waals surface area contributed by atoms with E-state index in [2.05, 4.69) is 20.8 Å². The Hall–Kier alpha value is -0.530. The molecule has 1 aliphatic heterocycles. The molecule has 2 nitrogen and oxygen atoms in total. The zero-order valence-electron chi connectivity index (χ0n) is 7.31. The number of esters is 1. The summed E-state index contributed by atoms with van der Waals surface area (Å²) in [5, 5.41) is 0. The summed E-state index contributed by atoms with van der Waals surface area (Å²) in [4.78, 5) is 11.4. The van der Waals surface area contributed by atoms with Crippen LogP contribution in [0.5, 0.6) is 0 Å². The first-order valence-corrected chi connectivity index (χ1v) is 4.16. The molecule has 0 radical (unpaired) electrons. The van der Waals surface area contributed by atoms with Gasteiger partial charge in [-0.1, -0.05) is 20.8 Å². The summed E-state index contributed by atoms with van der Waals surface area (Å²) in [6.45, 7) is 7.04. The van der Waals surface area contributed by atoms with Crippen LogP contribution < -0.4 is 0 Å². The second kappa shape index (κ2) is 1.62. The highest BCUT2D eigenvalue weighted by Gasteiger charge is 2.71. The van der Waals surface area contributed by atoms with E-state index in [1.54, 1.807) is 0 Å². The van der Waals surface area contributed by atoms with Crippen LogP contribution in [0, 0.1) is 16.7 Å². The summed E-state index contributed by atoms with van der Waals surface area (Å²) in [6.07, 6.45) is 1.05. The molecular weight excluding hydrogens is 140 g/mol. The monoisotopic (exact) mass is 154 g/mol. The Balaban J connectivity index is 2.32. The van der Waals surface area contributed by atoms with Gasteiger partial charge in [0.15, 0.2) is 0 Å². The smallest absolute Gasteiger partial charge is 0.313 e. The normalized spacial score (nSPS) is 41.7. The Morgan fingerprint density at radius 3 is 2.36 bits per heavy atom. The molecule has 0 aromatic rings. The van der Waals surface area contributed by atoms with E-state index in [0.717, 1.165) is 6.42 Å². The highest BCUT2D eigenvalue weighted by atomic mass is 16.5. The Morgan fingerprint density at radius 1 is 1.55 bits per heavy atom. The minimum absolute atomic E-state index is 0.0370. The predicted octanol–water partition coefficient (Wildman–Crippen LogP) is 1.60. The second-order valence-corrected chi connectivity index (χ2v) is 4.72. The zero-order valence-corrected chi connectivity index (χ0v) is 7.31. The number of fused-ring (bicyclic) bond motifs is 1. The van der Waals surface area contributed by atoms with Crippen molar-refractivity contribution in [1.82, 2.24) is 0 Å². The summed E-state index contributed by atoms with van der Waals surface area (Å²) in [5.41, 5.74) is -0.0156. The van der Waals surface area contributed by atoms with Crippen LogP contribution in [-0.4, -0.2) is 12.6 Å². The third-order valence-corrected chi connectivity index (χ3v) is 3.22. The number of carbonyl (C=O) groups excluding carboxylic acids is 1. The molecule has 2 atom stereocenters. The SMILES string of the molecule is CC(C)(C)C12CC1COC2=O. The summed E-state index contributed by atoms with van der Waals surface area (Å²) in [6, 6.07) is 0. The standard InChI is InChI=1S/C9H14O2/c1-8(2,3)9-4-6(9)5-11-7(9)10/h6H,4-5H2,1-3H3. The molecule has 2 heteroatoms. The maximum absolute atomic E-state index is 11.4. The molecule has 0 bridgehead atoms. The van der Waals surface area contributed by atoms with Crippen LogP contribution in [-0.2, 0) is 9.53 Å². The van der Waals surface area contributed by atoms with Crippen LogP contribution in [0.3, 0.4) is 0 Å². The van der Waals surface area contributed by atoms with Gasteiger partial charge in [0, 0.05) is 5.92 Å². The van der Waals surface area contributed by atoms with E-state index in [0.29, 0.717) is 12.5 Å². The number of hydrogen-bond donors (Lipinski definition) is 0. The van der Waals surface area contributed by atoms with Crippen LogP contribution in [0.1, 0.15) is 27.2 Å². The van der Waals surface area contributed by atoms with Crippen molar-refractivity contribution in [3.05, 3.63) is 0 Å². The molecule has 2 fully saturated rings. The van der Waals surface area contributed by atoms with Gasteiger partial charge in [0.25, 0.3) is 0 Å². The molecule has 0 amide bonds. The van der Waals surface area contributed by atoms with Crippen LogP contribution in [0.4, 0.5) is 0 Å². The van der Waals surface area contributed by atoms with Gasteiger partial charge in [-0.05, 0) is 11.8 Å². The predicted molar refractivity (Wildman–Crippen MR) is 41.0 cm³/mol. The molecule has 1 aliphatic carbocycles. The maximum Gasteiger partial charge on any atom is 0.313 e. The van der Waals surface area contributed by atoms with Gasteiger partial charge < -0.3 is 4.74 Å². The van der Waals surface area contributed by atoms with Crippen molar-refractivity contribution in [3.8, 4) is 0 Å². The average molecular weight is 154 g/mol. The molecule has 1 saturated carbocycles. The zero-order chi connectivity index (χ0) is 8.28. The number of rotatable bonds is 0. The molecule has 0 aromatic carbocycles. The Bertz CT molecular complexity index is 214. The van der Waals surface area contributed by atoms with E-state index >= 15 is 0 Å². The van der Waals surface area contributed by atoms with Crippen molar-refractivity contribution in [3.63, 3.8) is 0 Å². The molecule has 2 unspecified atom stereocenters. The van der Waals surface area contributed by atoms with Gasteiger partial charge in [-0.25, -0.2) is 0 Å². The van der Waals surface area contributed by atoms with Crippen LogP contribution >= 0.6 is 0 Å². The lowest BCUT2D eigenvalue weighted by molar-refractivity contribution is -0.148. The third kappa shape index (κ3) is 0.652. The number of carbonyl (C=O) groups is 1. The molecule has 0 N–H and O–H groups in total. The first kappa shape index (κ1) is 7.14. The summed E-state index contributed by atoms with van der Waals surface area (Å²) < 4.78 is 5.01. The topological polar surface area (TPSA) is 26.3 Å². The molecular formula is C9H14O2. The third-order valence-electron chi connectivity index (χ3n) is 3.22. The first-order chi connectivity index (χ1) is 4.98. The first-order valence-electron chi connectivity index (χ1n) is 4.16. The van der Waals surface area contributed by atoms with E-state index in [9.17, 15) is 4.79 Å². The lowest BCUT2D eigenvalue weighted by atomic mass is 9.77. The van der Waals surface area contributed by atoms with Crippen molar-refractivity contribution < 1.29 is 9.53 Å². The van der Waals surface area contributed by atoms with Crippen LogP contribution in [0.25, 0.3) is 0 Å². The fourth-order valence-corrected chi connectivity index (χ4v) is 2.31. The number of ether oxygens (including phenoxy) is 1. The highest BCUT2D eigenvalue weighted by Crippen LogP contribution is 2.66. The molecule has 1 saturated heterocycles. The van der Waals surface area contributed by atoms with Gasteiger partial charge in [0.05, 0.1) is 12.0 Å². The molecule has 11 heavy (non-hydrogen) atoms. The summed E-state index contributed by atoms with van der Waals surface area (Å²) in [5.74, 6) is 0.560. The van der Waals surface area contributed by atoms with Gasteiger partial charge >= 0.3 is 5.97 Å². The largest absolute Gasteiger partial charge is 0.465 e. The van der Waals surface area contributed by atoms with Gasteiger partial charge in [0.1, 0.15) is 0 Å². The van der Waals surface area contributed by atoms with E-state index in [1.807, 2.05) is 0 Å². The molecule has 0 aromatic heterocycles. The van der Waals surface area contributed by atoms with E-state index in [4.69, 9.17) is 4.74 Å². The fourth-order valence-electron chi connectivity index (χ4n) is 2.31. The van der Waals surface area contributed by atoms with E-state index < -0.39 is 0 Å². The Labute approximate surface area is 66.9 Å². The average Bonchev–Trinajstić information content (AvgIpc) is 2.50. The van der Waals surface area contributed by atoms with Gasteiger partial charge in [0.2, 0.25) is 0 Å². The fraction of sp³-hybridized carbons (Fsp3) is 0.889. The minimum atomic E-state index is -0.104. The van der Waals surface area contributed by atoms with Crippen molar-refractivity contribution in [2.75, 3.05) is 6.61 Å². The van der Waals surface area contributed by atoms with Crippen molar-refractivity contribution in [2.24, 2.45) is 16.7 Å². The lowest BCUT2D eigenvalue weighted by Crippen LogP contribution is -2.29. The van der Waals surface area contributed by atoms with Crippen LogP contribution in [0.15, 0.2) is 0 Å². The Morgan fingerprint density at radius 2 is 2.18 bits per heavy atom. The van der Waals surface area contributed by atoms with Gasteiger partial charge in [-0.2, -0.15) is 0 Å². The van der Waals surface area contributed by atoms with Crippen LogP contribution in [0.2, 0.25) is 0 Å². The van der Waals surface area contributed by atoms with Gasteiger partial charge in [-0.3, -0.25) is 4.79 Å². The lowest BCUT2D eigenvalue weighted by Gasteiger charge is -2.25. The molecule has 1 heterocycles. The maximum atomic E-state index is 11.4. The number of cyclic esters (lactones) is 1. The van der Waals surface area contributed by atoms with E-state index in [-0.39, 0.29) is 16.8 Å². The van der Waals surface area contributed by atoms with Crippen molar-refractivity contribution in [2.45, 2.75) is 27.2 Å². The quantitative estimate of drug-likeness (QED) is 0.495. The highest BCUT2D eigenvalue weighted by molar-refractivity contribution is 5.84. The molecule has 2 aliphatic rings. The Kier molecular flexibility index (Phi) is 1.05. The summed E-state index contributed by atoms with van der Waals surface area (Å²) >= 11 is 0. The second-order valence-electron chi connectivity index (χ2n) is 4.72. The molecule has 0 spiro atoms. The van der Waals surface area contributed by atoms with Gasteiger partial charge in [-0.15, -0.1) is 0 Å². The molecule has 62 valence electrons.